The molecule has 12 heavy (non-hydrogen) atoms. The first-order chi connectivity index (χ1) is 5.79. The van der Waals surface area contributed by atoms with Crippen molar-refractivity contribution in [3.63, 3.8) is 0 Å². The minimum absolute atomic E-state index is 0.0147. The first-order valence-corrected chi connectivity index (χ1v) is 4.06. The molecule has 1 aliphatic rings. The molecule has 0 aliphatic carbocycles. The number of phenolic OH excluding ortho intramolecular Hbond substituents is 1. The highest BCUT2D eigenvalue weighted by Gasteiger charge is 2.17. The minimum Gasteiger partial charge on any atom is -0.508 e. The van der Waals surface area contributed by atoms with Crippen LogP contribution in [0.3, 0.4) is 0 Å². The highest BCUT2D eigenvalue weighted by atomic mass is 16.3. The molecule has 0 saturated heterocycles. The van der Waals surface area contributed by atoms with Gasteiger partial charge in [0.1, 0.15) is 5.75 Å². The SMILES string of the molecule is NC1CNCc2c(O)cccc21. The van der Waals surface area contributed by atoms with Crippen molar-refractivity contribution in [3.8, 4) is 5.75 Å². The zero-order valence-corrected chi connectivity index (χ0v) is 6.75. The number of hydrogen-bond donors (Lipinski definition) is 3. The normalized spacial score (nSPS) is 21.9. The Labute approximate surface area is 71.2 Å². The topological polar surface area (TPSA) is 58.3 Å². The molecule has 3 heteroatoms. The van der Waals surface area contributed by atoms with Crippen LogP contribution in [-0.2, 0) is 6.54 Å². The van der Waals surface area contributed by atoms with Gasteiger partial charge >= 0.3 is 0 Å². The summed E-state index contributed by atoms with van der Waals surface area (Å²) in [6.07, 6.45) is 0. The van der Waals surface area contributed by atoms with Crippen molar-refractivity contribution in [1.29, 1.82) is 0 Å². The summed E-state index contributed by atoms with van der Waals surface area (Å²) in [6, 6.07) is 5.51. The highest BCUT2D eigenvalue weighted by Crippen LogP contribution is 2.27. The molecule has 0 spiro atoms. The molecule has 2 rings (SSSR count). The first-order valence-electron chi connectivity index (χ1n) is 4.06. The zero-order chi connectivity index (χ0) is 8.55. The average Bonchev–Trinajstić information content (AvgIpc) is 2.07. The third kappa shape index (κ3) is 1.07. The molecule has 0 radical (unpaired) electrons. The fourth-order valence-corrected chi connectivity index (χ4v) is 1.59. The maximum absolute atomic E-state index is 9.48. The molecule has 0 saturated carbocycles. The summed E-state index contributed by atoms with van der Waals surface area (Å²) in [4.78, 5) is 0. The van der Waals surface area contributed by atoms with E-state index in [1.54, 1.807) is 6.07 Å². The lowest BCUT2D eigenvalue weighted by Crippen LogP contribution is -2.32. The largest absolute Gasteiger partial charge is 0.508 e. The molecule has 1 aliphatic heterocycles. The Morgan fingerprint density at radius 2 is 2.33 bits per heavy atom. The summed E-state index contributed by atoms with van der Waals surface area (Å²) >= 11 is 0. The van der Waals surface area contributed by atoms with Gasteiger partial charge in [-0.2, -0.15) is 0 Å². The Morgan fingerprint density at radius 1 is 1.50 bits per heavy atom. The number of fused-ring (bicyclic) bond motifs is 1. The zero-order valence-electron chi connectivity index (χ0n) is 6.75. The Bertz CT molecular complexity index is 299. The molecule has 1 heterocycles. The van der Waals surface area contributed by atoms with Gasteiger partial charge in [0.15, 0.2) is 0 Å². The summed E-state index contributed by atoms with van der Waals surface area (Å²) in [6.45, 7) is 1.51. The van der Waals surface area contributed by atoms with Gasteiger partial charge in [-0.05, 0) is 11.6 Å². The van der Waals surface area contributed by atoms with Crippen molar-refractivity contribution in [2.75, 3.05) is 6.54 Å². The van der Waals surface area contributed by atoms with Crippen LogP contribution in [0.15, 0.2) is 18.2 Å². The van der Waals surface area contributed by atoms with Crippen molar-refractivity contribution >= 4 is 0 Å². The van der Waals surface area contributed by atoms with E-state index >= 15 is 0 Å². The van der Waals surface area contributed by atoms with Crippen molar-refractivity contribution in [3.05, 3.63) is 29.3 Å². The third-order valence-corrected chi connectivity index (χ3v) is 2.25. The molecule has 64 valence electrons. The molecule has 0 bridgehead atoms. The van der Waals surface area contributed by atoms with E-state index in [-0.39, 0.29) is 6.04 Å². The monoisotopic (exact) mass is 164 g/mol. The van der Waals surface area contributed by atoms with Crippen LogP contribution in [0.25, 0.3) is 0 Å². The van der Waals surface area contributed by atoms with Crippen LogP contribution in [0.4, 0.5) is 0 Å². The van der Waals surface area contributed by atoms with E-state index in [4.69, 9.17) is 5.73 Å². The van der Waals surface area contributed by atoms with Crippen molar-refractivity contribution in [2.45, 2.75) is 12.6 Å². The number of nitrogens with two attached hydrogens (primary N) is 1. The van der Waals surface area contributed by atoms with Gasteiger partial charge in [0.25, 0.3) is 0 Å². The fraction of sp³-hybridized carbons (Fsp3) is 0.333. The molecule has 0 aromatic heterocycles. The van der Waals surface area contributed by atoms with E-state index in [0.717, 1.165) is 24.2 Å². The van der Waals surface area contributed by atoms with E-state index in [1.165, 1.54) is 0 Å². The van der Waals surface area contributed by atoms with Gasteiger partial charge in [-0.15, -0.1) is 0 Å². The van der Waals surface area contributed by atoms with Crippen molar-refractivity contribution < 1.29 is 5.11 Å². The van der Waals surface area contributed by atoms with Crippen LogP contribution in [-0.4, -0.2) is 11.7 Å². The summed E-state index contributed by atoms with van der Waals surface area (Å²) < 4.78 is 0. The predicted molar refractivity (Wildman–Crippen MR) is 46.7 cm³/mol. The Balaban J connectivity index is 2.52. The molecule has 0 fully saturated rings. The number of phenols is 1. The van der Waals surface area contributed by atoms with Crippen LogP contribution in [0.2, 0.25) is 0 Å². The quantitative estimate of drug-likeness (QED) is 0.523. The second-order valence-corrected chi connectivity index (χ2v) is 3.08. The molecular weight excluding hydrogens is 152 g/mol. The number of rotatable bonds is 0. The first kappa shape index (κ1) is 7.58. The van der Waals surface area contributed by atoms with Crippen molar-refractivity contribution in [2.24, 2.45) is 5.73 Å². The van der Waals surface area contributed by atoms with Gasteiger partial charge in [-0.25, -0.2) is 0 Å². The Kier molecular flexibility index (Phi) is 1.75. The average molecular weight is 164 g/mol. The number of hydrogen-bond acceptors (Lipinski definition) is 3. The Hall–Kier alpha value is -1.06. The highest BCUT2D eigenvalue weighted by molar-refractivity contribution is 5.42. The van der Waals surface area contributed by atoms with Gasteiger partial charge < -0.3 is 16.2 Å². The van der Waals surface area contributed by atoms with E-state index in [0.29, 0.717) is 5.75 Å². The predicted octanol–water partition coefficient (Wildman–Crippen LogP) is 0.495. The standard InChI is InChI=1S/C9H12N2O/c10-8-5-11-4-7-6(8)2-1-3-9(7)12/h1-3,8,11-12H,4-5,10H2. The molecule has 0 amide bonds. The lowest BCUT2D eigenvalue weighted by molar-refractivity contribution is 0.451. The second-order valence-electron chi connectivity index (χ2n) is 3.08. The van der Waals surface area contributed by atoms with Gasteiger partial charge in [0, 0.05) is 24.7 Å². The molecule has 4 N–H and O–H groups in total. The number of benzene rings is 1. The lowest BCUT2D eigenvalue weighted by Gasteiger charge is -2.23. The number of nitrogens with one attached hydrogen (secondary N) is 1. The summed E-state index contributed by atoms with van der Waals surface area (Å²) in [7, 11) is 0. The third-order valence-electron chi connectivity index (χ3n) is 2.25. The van der Waals surface area contributed by atoms with E-state index in [1.807, 2.05) is 12.1 Å². The van der Waals surface area contributed by atoms with Crippen LogP contribution in [0.5, 0.6) is 5.75 Å². The minimum atomic E-state index is 0.0147. The van der Waals surface area contributed by atoms with Gasteiger partial charge in [-0.3, -0.25) is 0 Å². The molecule has 1 aromatic carbocycles. The summed E-state index contributed by atoms with van der Waals surface area (Å²) in [5.41, 5.74) is 7.85. The summed E-state index contributed by atoms with van der Waals surface area (Å²) in [5, 5.41) is 12.6. The summed E-state index contributed by atoms with van der Waals surface area (Å²) in [5.74, 6) is 0.343. The van der Waals surface area contributed by atoms with Crippen molar-refractivity contribution in [1.82, 2.24) is 5.32 Å². The molecule has 1 aromatic rings. The molecule has 1 unspecified atom stereocenters. The maximum Gasteiger partial charge on any atom is 0.120 e. The van der Waals surface area contributed by atoms with E-state index in [2.05, 4.69) is 5.32 Å². The van der Waals surface area contributed by atoms with Gasteiger partial charge in [0.05, 0.1) is 0 Å². The Morgan fingerprint density at radius 3 is 3.08 bits per heavy atom. The van der Waals surface area contributed by atoms with Gasteiger partial charge in [-0.1, -0.05) is 12.1 Å². The van der Waals surface area contributed by atoms with E-state index < -0.39 is 0 Å². The number of aromatic hydroxyl groups is 1. The molecule has 3 nitrogen and oxygen atoms in total. The van der Waals surface area contributed by atoms with Crippen LogP contribution < -0.4 is 11.1 Å². The van der Waals surface area contributed by atoms with Crippen LogP contribution in [0, 0.1) is 0 Å². The second kappa shape index (κ2) is 2.77. The maximum atomic E-state index is 9.48. The smallest absolute Gasteiger partial charge is 0.120 e. The van der Waals surface area contributed by atoms with Gasteiger partial charge in [0.2, 0.25) is 0 Å². The van der Waals surface area contributed by atoms with Crippen LogP contribution in [0.1, 0.15) is 17.2 Å². The molecule has 1 atom stereocenters. The molecular formula is C9H12N2O. The fourth-order valence-electron chi connectivity index (χ4n) is 1.59. The van der Waals surface area contributed by atoms with Crippen LogP contribution >= 0.6 is 0 Å². The van der Waals surface area contributed by atoms with E-state index in [9.17, 15) is 5.11 Å². The lowest BCUT2D eigenvalue weighted by atomic mass is 9.97.